The molecule has 1 aromatic carbocycles. The first-order valence-electron chi connectivity index (χ1n) is 9.18. The number of hydrogen-bond donors (Lipinski definition) is 0. The summed E-state index contributed by atoms with van der Waals surface area (Å²) < 4.78 is 0. The normalized spacial score (nSPS) is 23.3. The van der Waals surface area contributed by atoms with Crippen molar-refractivity contribution in [3.8, 4) is 0 Å². The minimum Gasteiger partial charge on any atom is -0.0929 e. The Morgan fingerprint density at radius 3 is 1.71 bits per heavy atom. The van der Waals surface area contributed by atoms with Crippen LogP contribution < -0.4 is 0 Å². The van der Waals surface area contributed by atoms with Gasteiger partial charge in [-0.3, -0.25) is 0 Å². The van der Waals surface area contributed by atoms with E-state index in [2.05, 4.69) is 37.3 Å². The molecule has 0 nitrogen and oxygen atoms in total. The smallest absolute Gasteiger partial charge is 0.00184 e. The Kier molecular flexibility index (Phi) is 5.75. The molecule has 1 unspecified atom stereocenters. The lowest BCUT2D eigenvalue weighted by Gasteiger charge is -2.42. The van der Waals surface area contributed by atoms with Gasteiger partial charge in [0, 0.05) is 5.66 Å². The highest BCUT2D eigenvalue weighted by Crippen LogP contribution is 2.64. The van der Waals surface area contributed by atoms with Crippen molar-refractivity contribution in [2.24, 2.45) is 0 Å². The molecule has 0 spiro atoms. The van der Waals surface area contributed by atoms with Gasteiger partial charge in [-0.05, 0) is 42.6 Å². The van der Waals surface area contributed by atoms with E-state index in [-0.39, 0.29) is 7.92 Å². The molecule has 1 atom stereocenters. The zero-order valence-corrected chi connectivity index (χ0v) is 14.5. The fraction of sp³-hybridized carbons (Fsp3) is 0.700. The summed E-state index contributed by atoms with van der Waals surface area (Å²) in [6, 6.07) is 11.4. The maximum atomic E-state index is 2.55. The largest absolute Gasteiger partial charge is 0.0929 e. The molecule has 2 fully saturated rings. The third-order valence-electron chi connectivity index (χ3n) is 5.72. The molecular formula is C20H31P. The molecule has 0 heterocycles. The van der Waals surface area contributed by atoms with Crippen molar-refractivity contribution in [1.82, 2.24) is 0 Å². The lowest BCUT2D eigenvalue weighted by atomic mass is 9.99. The summed E-state index contributed by atoms with van der Waals surface area (Å²) in [5, 5.41) is 0. The van der Waals surface area contributed by atoms with Crippen LogP contribution in [0.5, 0.6) is 0 Å². The van der Waals surface area contributed by atoms with Crippen molar-refractivity contribution >= 4 is 7.92 Å². The Balaban J connectivity index is 1.80. The molecular weight excluding hydrogens is 271 g/mol. The lowest BCUT2D eigenvalue weighted by molar-refractivity contribution is 0.481. The van der Waals surface area contributed by atoms with E-state index in [0.29, 0.717) is 0 Å². The monoisotopic (exact) mass is 302 g/mol. The molecule has 2 aliphatic rings. The summed E-state index contributed by atoms with van der Waals surface area (Å²) in [5.74, 6) is 0. The Morgan fingerprint density at radius 2 is 1.24 bits per heavy atom. The van der Waals surface area contributed by atoms with Crippen LogP contribution in [-0.4, -0.2) is 11.3 Å². The predicted octanol–water partition coefficient (Wildman–Crippen LogP) is 6.89. The molecule has 0 aromatic heterocycles. The molecule has 2 saturated carbocycles. The van der Waals surface area contributed by atoms with Gasteiger partial charge in [0.15, 0.2) is 0 Å². The predicted molar refractivity (Wildman–Crippen MR) is 95.5 cm³/mol. The van der Waals surface area contributed by atoms with Gasteiger partial charge >= 0.3 is 0 Å². The number of benzene rings is 1. The van der Waals surface area contributed by atoms with Gasteiger partial charge in [-0.25, -0.2) is 0 Å². The van der Waals surface area contributed by atoms with Crippen LogP contribution in [0.3, 0.4) is 0 Å². The molecule has 0 bridgehead atoms. The molecule has 0 aliphatic heterocycles. The first kappa shape index (κ1) is 15.5. The molecule has 0 radical (unpaired) electrons. The summed E-state index contributed by atoms with van der Waals surface area (Å²) in [6.45, 7) is 2.55. The topological polar surface area (TPSA) is 0 Å². The van der Waals surface area contributed by atoms with E-state index in [0.717, 1.165) is 17.0 Å². The standard InChI is InChI=1S/C20H31P/c1-17(18-11-5-2-6-12-18)21(19-13-7-3-8-14-19)20-15-9-4-10-16-20/h2,5-6,11-12,17,19-20H,3-4,7-10,13-16H2,1H3. The molecule has 21 heavy (non-hydrogen) atoms. The molecule has 3 rings (SSSR count). The van der Waals surface area contributed by atoms with E-state index in [1.54, 1.807) is 5.56 Å². The van der Waals surface area contributed by atoms with Gasteiger partial charge in [0.1, 0.15) is 0 Å². The first-order valence-corrected chi connectivity index (χ1v) is 10.7. The molecule has 0 saturated heterocycles. The van der Waals surface area contributed by atoms with Gasteiger partial charge in [-0.1, -0.05) is 83.7 Å². The molecule has 2 aliphatic carbocycles. The number of hydrogen-bond acceptors (Lipinski definition) is 0. The van der Waals surface area contributed by atoms with Crippen LogP contribution in [0.4, 0.5) is 0 Å². The van der Waals surface area contributed by atoms with E-state index in [1.807, 2.05) is 0 Å². The van der Waals surface area contributed by atoms with Crippen molar-refractivity contribution < 1.29 is 0 Å². The summed E-state index contributed by atoms with van der Waals surface area (Å²) in [7, 11) is 0.166. The zero-order chi connectivity index (χ0) is 14.5. The second kappa shape index (κ2) is 7.77. The third-order valence-corrected chi connectivity index (χ3v) is 9.63. The van der Waals surface area contributed by atoms with Crippen molar-refractivity contribution in [1.29, 1.82) is 0 Å². The number of rotatable bonds is 4. The van der Waals surface area contributed by atoms with Gasteiger partial charge in [-0.15, -0.1) is 0 Å². The lowest BCUT2D eigenvalue weighted by Crippen LogP contribution is -2.22. The van der Waals surface area contributed by atoms with E-state index < -0.39 is 0 Å². The Bertz CT molecular complexity index is 383. The fourth-order valence-electron chi connectivity index (χ4n) is 4.59. The third kappa shape index (κ3) is 3.89. The van der Waals surface area contributed by atoms with Gasteiger partial charge in [0.2, 0.25) is 0 Å². The van der Waals surface area contributed by atoms with E-state index >= 15 is 0 Å². The molecule has 0 N–H and O–H groups in total. The molecule has 1 aromatic rings. The van der Waals surface area contributed by atoms with Gasteiger partial charge in [0.25, 0.3) is 0 Å². The molecule has 0 amide bonds. The molecule has 1 heteroatoms. The van der Waals surface area contributed by atoms with Crippen molar-refractivity contribution in [2.45, 2.75) is 88.1 Å². The van der Waals surface area contributed by atoms with Crippen molar-refractivity contribution in [3.05, 3.63) is 35.9 Å². The van der Waals surface area contributed by atoms with Crippen LogP contribution in [0.1, 0.15) is 82.4 Å². The minimum absolute atomic E-state index is 0.166. The zero-order valence-electron chi connectivity index (χ0n) is 13.6. The Labute approximate surface area is 132 Å². The average Bonchev–Trinajstić information content (AvgIpc) is 2.58. The molecule has 116 valence electrons. The highest BCUT2D eigenvalue weighted by molar-refractivity contribution is 7.59. The summed E-state index contributed by atoms with van der Waals surface area (Å²) >= 11 is 0. The minimum atomic E-state index is 0.166. The highest BCUT2D eigenvalue weighted by Gasteiger charge is 2.34. The maximum absolute atomic E-state index is 2.55. The summed E-state index contributed by atoms with van der Waals surface area (Å²) in [4.78, 5) is 0. The summed E-state index contributed by atoms with van der Waals surface area (Å²) in [6.07, 6.45) is 15.1. The van der Waals surface area contributed by atoms with Crippen LogP contribution >= 0.6 is 7.92 Å². The second-order valence-electron chi connectivity index (χ2n) is 7.12. The van der Waals surface area contributed by atoms with Crippen molar-refractivity contribution in [2.75, 3.05) is 0 Å². The van der Waals surface area contributed by atoms with Crippen LogP contribution in [0.25, 0.3) is 0 Å². The fourth-order valence-corrected chi connectivity index (χ4v) is 8.89. The van der Waals surface area contributed by atoms with E-state index in [1.165, 1.54) is 64.2 Å². The maximum Gasteiger partial charge on any atom is 0.00184 e. The SMILES string of the molecule is CC(c1ccccc1)P(C1CCCCC1)C1CCCCC1. The Morgan fingerprint density at radius 1 is 0.762 bits per heavy atom. The summed E-state index contributed by atoms with van der Waals surface area (Å²) in [5.41, 5.74) is 4.55. The van der Waals surface area contributed by atoms with Crippen LogP contribution in [0, 0.1) is 0 Å². The van der Waals surface area contributed by atoms with E-state index in [9.17, 15) is 0 Å². The first-order chi connectivity index (χ1) is 10.4. The Hall–Kier alpha value is -0.350. The van der Waals surface area contributed by atoms with Crippen LogP contribution in [-0.2, 0) is 0 Å². The average molecular weight is 302 g/mol. The van der Waals surface area contributed by atoms with Gasteiger partial charge in [-0.2, -0.15) is 0 Å². The van der Waals surface area contributed by atoms with Gasteiger partial charge < -0.3 is 0 Å². The van der Waals surface area contributed by atoms with Gasteiger partial charge in [0.05, 0.1) is 0 Å². The van der Waals surface area contributed by atoms with Crippen LogP contribution in [0.2, 0.25) is 0 Å². The quantitative estimate of drug-likeness (QED) is 0.531. The van der Waals surface area contributed by atoms with Crippen LogP contribution in [0.15, 0.2) is 30.3 Å². The van der Waals surface area contributed by atoms with E-state index in [4.69, 9.17) is 0 Å². The van der Waals surface area contributed by atoms with Crippen molar-refractivity contribution in [3.63, 3.8) is 0 Å². The highest BCUT2D eigenvalue weighted by atomic mass is 31.1. The second-order valence-corrected chi connectivity index (χ2v) is 10.2.